The van der Waals surface area contributed by atoms with Gasteiger partial charge in [0, 0.05) is 12.1 Å². The Hall–Kier alpha value is -2.39. The second-order valence-electron chi connectivity index (χ2n) is 6.50. The summed E-state index contributed by atoms with van der Waals surface area (Å²) < 4.78 is 5.11. The van der Waals surface area contributed by atoms with Gasteiger partial charge in [0.15, 0.2) is 5.78 Å². The van der Waals surface area contributed by atoms with E-state index in [-0.39, 0.29) is 5.78 Å². The maximum absolute atomic E-state index is 12.2. The summed E-state index contributed by atoms with van der Waals surface area (Å²) in [5.74, 6) is 0.755. The topological polar surface area (TPSA) is 29.5 Å². The molecule has 3 nitrogen and oxygen atoms in total. The quantitative estimate of drug-likeness (QED) is 0.572. The molecule has 1 aliphatic heterocycles. The first-order valence-corrected chi connectivity index (χ1v) is 8.92. The molecule has 3 rings (SSSR count). The highest BCUT2D eigenvalue weighted by Gasteiger charge is 2.10. The van der Waals surface area contributed by atoms with E-state index in [1.54, 1.807) is 37.5 Å². The minimum Gasteiger partial charge on any atom is -0.497 e. The van der Waals surface area contributed by atoms with Gasteiger partial charge in [0.1, 0.15) is 5.75 Å². The fourth-order valence-corrected chi connectivity index (χ4v) is 3.13. The van der Waals surface area contributed by atoms with Gasteiger partial charge >= 0.3 is 0 Å². The molecule has 3 heteroatoms. The minimum absolute atomic E-state index is 0.0000429. The lowest BCUT2D eigenvalue weighted by Gasteiger charge is -2.26. The molecule has 1 saturated heterocycles. The number of hydrogen-bond acceptors (Lipinski definition) is 3. The van der Waals surface area contributed by atoms with Crippen molar-refractivity contribution in [3.63, 3.8) is 0 Å². The minimum atomic E-state index is 0.0000429. The van der Waals surface area contributed by atoms with Gasteiger partial charge < -0.3 is 4.74 Å². The number of nitrogens with zero attached hydrogens (tertiary/aromatic N) is 1. The maximum atomic E-state index is 12.2. The van der Waals surface area contributed by atoms with Crippen LogP contribution in [0.25, 0.3) is 6.08 Å². The van der Waals surface area contributed by atoms with Crippen molar-refractivity contribution < 1.29 is 9.53 Å². The van der Waals surface area contributed by atoms with Gasteiger partial charge in [0.05, 0.1) is 7.11 Å². The van der Waals surface area contributed by atoms with E-state index in [0.717, 1.165) is 17.9 Å². The summed E-state index contributed by atoms with van der Waals surface area (Å²) >= 11 is 0. The number of rotatable bonds is 6. The summed E-state index contributed by atoms with van der Waals surface area (Å²) in [5, 5.41) is 0. The van der Waals surface area contributed by atoms with Crippen LogP contribution < -0.4 is 4.74 Å². The zero-order valence-electron chi connectivity index (χ0n) is 14.8. The van der Waals surface area contributed by atoms with Gasteiger partial charge in [-0.2, -0.15) is 0 Å². The molecule has 0 aliphatic carbocycles. The molecule has 0 atom stereocenters. The molecule has 0 bridgehead atoms. The van der Waals surface area contributed by atoms with Crippen molar-refractivity contribution in [2.45, 2.75) is 25.8 Å². The fourth-order valence-electron chi connectivity index (χ4n) is 3.13. The Morgan fingerprint density at radius 3 is 2.32 bits per heavy atom. The molecule has 1 fully saturated rings. The third-order valence-electron chi connectivity index (χ3n) is 4.64. The number of hydrogen-bond donors (Lipinski definition) is 0. The van der Waals surface area contributed by atoms with Crippen LogP contribution in [-0.4, -0.2) is 30.9 Å². The molecule has 0 N–H and O–H groups in total. The summed E-state index contributed by atoms with van der Waals surface area (Å²) in [6, 6.07) is 15.7. The number of ether oxygens (including phenoxy) is 1. The van der Waals surface area contributed by atoms with E-state index in [1.807, 2.05) is 6.08 Å². The predicted molar refractivity (Wildman–Crippen MR) is 102 cm³/mol. The van der Waals surface area contributed by atoms with E-state index in [2.05, 4.69) is 29.2 Å². The molecule has 0 spiro atoms. The van der Waals surface area contributed by atoms with Crippen LogP contribution >= 0.6 is 0 Å². The lowest BCUT2D eigenvalue weighted by Crippen LogP contribution is -2.28. The van der Waals surface area contributed by atoms with Crippen molar-refractivity contribution in [1.82, 2.24) is 4.90 Å². The lowest BCUT2D eigenvalue weighted by molar-refractivity contribution is 0.104. The Morgan fingerprint density at radius 1 is 1.00 bits per heavy atom. The first-order valence-electron chi connectivity index (χ1n) is 8.92. The van der Waals surface area contributed by atoms with Crippen LogP contribution in [0.2, 0.25) is 0 Å². The average Bonchev–Trinajstić information content (AvgIpc) is 2.68. The number of ketones is 1. The van der Waals surface area contributed by atoms with Crippen LogP contribution in [0.1, 0.15) is 40.7 Å². The smallest absolute Gasteiger partial charge is 0.185 e. The highest BCUT2D eigenvalue weighted by molar-refractivity contribution is 6.06. The van der Waals surface area contributed by atoms with Crippen molar-refractivity contribution in [1.29, 1.82) is 0 Å². The van der Waals surface area contributed by atoms with Gasteiger partial charge in [-0.15, -0.1) is 0 Å². The van der Waals surface area contributed by atoms with E-state index in [1.165, 1.54) is 37.9 Å². The van der Waals surface area contributed by atoms with Crippen molar-refractivity contribution in [2.24, 2.45) is 0 Å². The van der Waals surface area contributed by atoms with E-state index < -0.39 is 0 Å². The Kier molecular flexibility index (Phi) is 6.02. The van der Waals surface area contributed by atoms with Gasteiger partial charge in [-0.3, -0.25) is 9.69 Å². The second kappa shape index (κ2) is 8.63. The van der Waals surface area contributed by atoms with Crippen molar-refractivity contribution in [2.75, 3.05) is 20.2 Å². The largest absolute Gasteiger partial charge is 0.497 e. The van der Waals surface area contributed by atoms with Crippen LogP contribution in [0, 0.1) is 0 Å². The zero-order chi connectivity index (χ0) is 17.5. The normalized spacial score (nSPS) is 15.4. The van der Waals surface area contributed by atoms with Crippen LogP contribution in [0.3, 0.4) is 0 Å². The number of likely N-dealkylation sites (tertiary alicyclic amines) is 1. The number of methoxy groups -OCH3 is 1. The first kappa shape index (κ1) is 17.4. The highest BCUT2D eigenvalue weighted by atomic mass is 16.5. The van der Waals surface area contributed by atoms with Gasteiger partial charge in [0.2, 0.25) is 0 Å². The Bertz CT molecular complexity index is 711. The Labute approximate surface area is 149 Å². The SMILES string of the molecule is COc1ccc(C(=O)C=Cc2ccc(CN3CCCCC3)cc2)cc1. The molecule has 130 valence electrons. The summed E-state index contributed by atoms with van der Waals surface area (Å²) in [5.41, 5.74) is 3.04. The zero-order valence-corrected chi connectivity index (χ0v) is 14.8. The number of piperidine rings is 1. The van der Waals surface area contributed by atoms with E-state index in [4.69, 9.17) is 4.74 Å². The molecule has 0 radical (unpaired) electrons. The fraction of sp³-hybridized carbons (Fsp3) is 0.318. The van der Waals surface area contributed by atoms with Crippen LogP contribution in [0.15, 0.2) is 54.6 Å². The molecular formula is C22H25NO2. The molecule has 25 heavy (non-hydrogen) atoms. The van der Waals surface area contributed by atoms with Crippen LogP contribution in [0.5, 0.6) is 5.75 Å². The van der Waals surface area contributed by atoms with E-state index in [0.29, 0.717) is 5.56 Å². The van der Waals surface area contributed by atoms with Crippen molar-refractivity contribution >= 4 is 11.9 Å². The number of carbonyl (C=O) groups is 1. The third-order valence-corrected chi connectivity index (χ3v) is 4.64. The maximum Gasteiger partial charge on any atom is 0.185 e. The summed E-state index contributed by atoms with van der Waals surface area (Å²) in [4.78, 5) is 14.7. The van der Waals surface area contributed by atoms with Crippen LogP contribution in [0.4, 0.5) is 0 Å². The monoisotopic (exact) mass is 335 g/mol. The second-order valence-corrected chi connectivity index (χ2v) is 6.50. The predicted octanol–water partition coefficient (Wildman–Crippen LogP) is 4.58. The molecule has 1 heterocycles. The Morgan fingerprint density at radius 2 is 1.68 bits per heavy atom. The summed E-state index contributed by atoms with van der Waals surface area (Å²) in [7, 11) is 1.62. The van der Waals surface area contributed by atoms with Gasteiger partial charge in [-0.25, -0.2) is 0 Å². The first-order chi connectivity index (χ1) is 12.2. The molecule has 0 aromatic heterocycles. The molecule has 0 unspecified atom stereocenters. The van der Waals surface area contributed by atoms with Gasteiger partial charge in [0.25, 0.3) is 0 Å². The molecular weight excluding hydrogens is 310 g/mol. The summed E-state index contributed by atoms with van der Waals surface area (Å²) in [6.45, 7) is 3.44. The number of carbonyl (C=O) groups excluding carboxylic acids is 1. The number of allylic oxidation sites excluding steroid dienone is 1. The average molecular weight is 335 g/mol. The Balaban J connectivity index is 1.58. The molecule has 2 aromatic carbocycles. The van der Waals surface area contributed by atoms with Crippen LogP contribution in [-0.2, 0) is 6.54 Å². The molecule has 1 aliphatic rings. The molecule has 2 aromatic rings. The highest BCUT2D eigenvalue weighted by Crippen LogP contribution is 2.15. The molecule has 0 saturated carbocycles. The van der Waals surface area contributed by atoms with Gasteiger partial charge in [-0.05, 0) is 67.4 Å². The molecule has 0 amide bonds. The van der Waals surface area contributed by atoms with E-state index in [9.17, 15) is 4.79 Å². The van der Waals surface area contributed by atoms with Crippen molar-refractivity contribution in [3.05, 3.63) is 71.3 Å². The standard InChI is InChI=1S/C22H25NO2/c1-25-21-12-10-20(11-13-21)22(24)14-9-18-5-7-19(8-6-18)17-23-15-3-2-4-16-23/h5-14H,2-4,15-17H2,1H3. The van der Waals surface area contributed by atoms with Crippen molar-refractivity contribution in [3.8, 4) is 5.75 Å². The third kappa shape index (κ3) is 5.04. The lowest BCUT2D eigenvalue weighted by atomic mass is 10.1. The number of benzene rings is 2. The van der Waals surface area contributed by atoms with E-state index >= 15 is 0 Å². The summed E-state index contributed by atoms with van der Waals surface area (Å²) in [6.07, 6.45) is 7.49. The van der Waals surface area contributed by atoms with Gasteiger partial charge in [-0.1, -0.05) is 36.8 Å².